The molecule has 0 spiro atoms. The summed E-state index contributed by atoms with van der Waals surface area (Å²) in [5.41, 5.74) is 7.65. The molecule has 0 unspecified atom stereocenters. The normalized spacial score (nSPS) is 14.7. The van der Waals surface area contributed by atoms with Gasteiger partial charge in [0.2, 0.25) is 0 Å². The number of nitrogens with one attached hydrogen (secondary N) is 1. The van der Waals surface area contributed by atoms with Gasteiger partial charge in [-0.2, -0.15) is 0 Å². The largest absolute Gasteiger partial charge is 0.494 e. The van der Waals surface area contributed by atoms with E-state index in [1.54, 1.807) is 23.1 Å². The number of hydrogen-bond donors (Lipinski definition) is 2. The summed E-state index contributed by atoms with van der Waals surface area (Å²) in [5, 5.41) is 3.73. The number of para-hydroxylation sites is 1. The van der Waals surface area contributed by atoms with E-state index in [2.05, 4.69) is 5.32 Å². The molecule has 2 amide bonds. The zero-order valence-electron chi connectivity index (χ0n) is 18.7. The number of benzene rings is 3. The molecule has 0 saturated heterocycles. The van der Waals surface area contributed by atoms with Gasteiger partial charge in [0.05, 0.1) is 24.3 Å². The van der Waals surface area contributed by atoms with Crippen LogP contribution >= 0.6 is 11.6 Å². The highest BCUT2D eigenvalue weighted by molar-refractivity contribution is 6.31. The third-order valence-electron chi connectivity index (χ3n) is 5.30. The molecule has 34 heavy (non-hydrogen) atoms. The van der Waals surface area contributed by atoms with Crippen molar-refractivity contribution < 1.29 is 23.8 Å². The Morgan fingerprint density at radius 1 is 1.09 bits per heavy atom. The third kappa shape index (κ3) is 4.58. The van der Waals surface area contributed by atoms with Gasteiger partial charge in [0.1, 0.15) is 11.9 Å². The van der Waals surface area contributed by atoms with Crippen molar-refractivity contribution in [3.05, 3.63) is 76.8 Å². The number of halogens is 1. The zero-order valence-corrected chi connectivity index (χ0v) is 19.5. The van der Waals surface area contributed by atoms with Crippen LogP contribution in [0, 0.1) is 0 Å². The predicted octanol–water partition coefficient (Wildman–Crippen LogP) is 4.38. The Kier molecular flexibility index (Phi) is 6.79. The van der Waals surface area contributed by atoms with Crippen LogP contribution in [0.25, 0.3) is 0 Å². The maximum absolute atomic E-state index is 13.6. The van der Waals surface area contributed by atoms with Crippen molar-refractivity contribution in [1.82, 2.24) is 0 Å². The molecule has 0 aliphatic carbocycles. The van der Waals surface area contributed by atoms with Gasteiger partial charge in [-0.05, 0) is 49.4 Å². The first-order valence-corrected chi connectivity index (χ1v) is 11.0. The first-order valence-electron chi connectivity index (χ1n) is 10.6. The smallest absolute Gasteiger partial charge is 0.262 e. The minimum absolute atomic E-state index is 0.187. The number of anilines is 2. The molecule has 0 fully saturated rings. The summed E-state index contributed by atoms with van der Waals surface area (Å²) in [6.07, 6.45) is -0.646. The van der Waals surface area contributed by atoms with Gasteiger partial charge >= 0.3 is 0 Å². The minimum atomic E-state index is -0.646. The van der Waals surface area contributed by atoms with Crippen molar-refractivity contribution >= 4 is 34.8 Å². The molecule has 3 N–H and O–H groups in total. The van der Waals surface area contributed by atoms with E-state index in [4.69, 9.17) is 31.5 Å². The summed E-state index contributed by atoms with van der Waals surface area (Å²) in [7, 11) is 1.48. The highest BCUT2D eigenvalue weighted by Crippen LogP contribution is 2.42. The first kappa shape index (κ1) is 23.3. The molecule has 1 aliphatic heterocycles. The average Bonchev–Trinajstić information content (AvgIpc) is 2.83. The van der Waals surface area contributed by atoms with Crippen LogP contribution in [0.1, 0.15) is 29.0 Å². The Hall–Kier alpha value is -3.91. The maximum Gasteiger partial charge on any atom is 0.262 e. The molecule has 3 aromatic rings. The fourth-order valence-electron chi connectivity index (χ4n) is 3.79. The number of hydrogen-bond acceptors (Lipinski definition) is 6. The fraction of sp³-hybridized carbons (Fsp3) is 0.200. The molecular weight excluding hydrogens is 458 g/mol. The van der Waals surface area contributed by atoms with E-state index < -0.39 is 12.1 Å². The number of carbonyl (C=O) groups is 2. The van der Waals surface area contributed by atoms with Crippen LogP contribution in [0.5, 0.6) is 17.2 Å². The number of nitrogens with two attached hydrogens (primary N) is 1. The van der Waals surface area contributed by atoms with Crippen LogP contribution in [-0.4, -0.2) is 32.1 Å². The molecule has 1 heterocycles. The van der Waals surface area contributed by atoms with Crippen LogP contribution in [-0.2, 0) is 4.79 Å². The standard InChI is InChI=1S/C25H24ClN3O5/c1-3-33-16-10-8-15(9-11-16)29-24(28-20-7-5-4-6-17(20)25(29)31)18-12-21(32-2)22(13-19(18)26)34-14-23(27)30/h4-13,24,28H,3,14H2,1-2H3,(H2,27,30)/t24-/m0/s1. The summed E-state index contributed by atoms with van der Waals surface area (Å²) < 4.78 is 16.4. The van der Waals surface area contributed by atoms with Crippen molar-refractivity contribution in [2.45, 2.75) is 13.1 Å². The van der Waals surface area contributed by atoms with Crippen molar-refractivity contribution in [3.63, 3.8) is 0 Å². The summed E-state index contributed by atoms with van der Waals surface area (Å²) in [6.45, 7) is 2.13. The highest BCUT2D eigenvalue weighted by Gasteiger charge is 2.35. The second-order valence-corrected chi connectivity index (χ2v) is 7.88. The molecule has 9 heteroatoms. The van der Waals surface area contributed by atoms with Crippen molar-refractivity contribution in [3.8, 4) is 17.2 Å². The maximum atomic E-state index is 13.6. The molecule has 0 radical (unpaired) electrons. The molecule has 8 nitrogen and oxygen atoms in total. The molecule has 3 aromatic carbocycles. The summed E-state index contributed by atoms with van der Waals surface area (Å²) in [5.74, 6) is 0.509. The second kappa shape index (κ2) is 9.93. The molecule has 1 atom stereocenters. The lowest BCUT2D eigenvalue weighted by Gasteiger charge is -2.38. The fourth-order valence-corrected chi connectivity index (χ4v) is 4.05. The van der Waals surface area contributed by atoms with Gasteiger partial charge in [-0.1, -0.05) is 23.7 Å². The molecule has 1 aliphatic rings. The minimum Gasteiger partial charge on any atom is -0.494 e. The van der Waals surface area contributed by atoms with Crippen LogP contribution in [0.3, 0.4) is 0 Å². The van der Waals surface area contributed by atoms with Crippen LogP contribution in [0.2, 0.25) is 5.02 Å². The summed E-state index contributed by atoms with van der Waals surface area (Å²) in [6, 6.07) is 17.8. The van der Waals surface area contributed by atoms with Gasteiger partial charge in [0.25, 0.3) is 11.8 Å². The highest BCUT2D eigenvalue weighted by atomic mass is 35.5. The molecule has 176 valence electrons. The quantitative estimate of drug-likeness (QED) is 0.495. The number of ether oxygens (including phenoxy) is 3. The van der Waals surface area contributed by atoms with Crippen LogP contribution < -0.4 is 30.2 Å². The van der Waals surface area contributed by atoms with E-state index in [1.165, 1.54) is 7.11 Å². The Morgan fingerprint density at radius 2 is 1.82 bits per heavy atom. The lowest BCUT2D eigenvalue weighted by molar-refractivity contribution is -0.119. The lowest BCUT2D eigenvalue weighted by atomic mass is 10.0. The Labute approximate surface area is 202 Å². The zero-order chi connectivity index (χ0) is 24.2. The lowest BCUT2D eigenvalue weighted by Crippen LogP contribution is -2.43. The van der Waals surface area contributed by atoms with Gasteiger partial charge < -0.3 is 25.3 Å². The first-order chi connectivity index (χ1) is 16.4. The van der Waals surface area contributed by atoms with E-state index in [0.717, 1.165) is 0 Å². The Bertz CT molecular complexity index is 1220. The van der Waals surface area contributed by atoms with E-state index in [1.807, 2.05) is 49.4 Å². The molecule has 4 rings (SSSR count). The Morgan fingerprint density at radius 3 is 2.50 bits per heavy atom. The van der Waals surface area contributed by atoms with E-state index in [-0.39, 0.29) is 18.3 Å². The van der Waals surface area contributed by atoms with Gasteiger partial charge in [-0.15, -0.1) is 0 Å². The average molecular weight is 482 g/mol. The SMILES string of the molecule is CCOc1ccc(N2C(=O)c3ccccc3N[C@@H]2c2cc(OC)c(OCC(N)=O)cc2Cl)cc1. The predicted molar refractivity (Wildman–Crippen MR) is 130 cm³/mol. The number of rotatable bonds is 8. The Balaban J connectivity index is 1.80. The van der Waals surface area contributed by atoms with Gasteiger partial charge in [-0.25, -0.2) is 0 Å². The van der Waals surface area contributed by atoms with Crippen LogP contribution in [0.15, 0.2) is 60.7 Å². The van der Waals surface area contributed by atoms with Gasteiger partial charge in [-0.3, -0.25) is 14.5 Å². The molecule has 0 saturated carbocycles. The van der Waals surface area contributed by atoms with Crippen molar-refractivity contribution in [2.75, 3.05) is 30.5 Å². The third-order valence-corrected chi connectivity index (χ3v) is 5.63. The van der Waals surface area contributed by atoms with E-state index >= 15 is 0 Å². The number of fused-ring (bicyclic) bond motifs is 1. The number of amides is 2. The molecule has 0 bridgehead atoms. The number of methoxy groups -OCH3 is 1. The van der Waals surface area contributed by atoms with Crippen LogP contribution in [0.4, 0.5) is 11.4 Å². The van der Waals surface area contributed by atoms with E-state index in [0.29, 0.717) is 45.6 Å². The summed E-state index contributed by atoms with van der Waals surface area (Å²) in [4.78, 5) is 26.4. The monoisotopic (exact) mass is 481 g/mol. The summed E-state index contributed by atoms with van der Waals surface area (Å²) >= 11 is 6.65. The number of nitrogens with zero attached hydrogens (tertiary/aromatic N) is 1. The van der Waals surface area contributed by atoms with Crippen molar-refractivity contribution in [1.29, 1.82) is 0 Å². The van der Waals surface area contributed by atoms with E-state index in [9.17, 15) is 9.59 Å². The number of carbonyl (C=O) groups excluding carboxylic acids is 2. The molecule has 0 aromatic heterocycles. The topological polar surface area (TPSA) is 103 Å². The second-order valence-electron chi connectivity index (χ2n) is 7.47. The van der Waals surface area contributed by atoms with Crippen molar-refractivity contribution in [2.24, 2.45) is 5.73 Å². The molecular formula is C25H24ClN3O5. The van der Waals surface area contributed by atoms with Gasteiger partial charge in [0, 0.05) is 23.0 Å². The van der Waals surface area contributed by atoms with Gasteiger partial charge in [0.15, 0.2) is 18.1 Å². The number of primary amides is 1.